The van der Waals surface area contributed by atoms with Gasteiger partial charge in [-0.2, -0.15) is 0 Å². The van der Waals surface area contributed by atoms with E-state index in [4.69, 9.17) is 10.2 Å². The molecule has 1 aromatic carbocycles. The van der Waals surface area contributed by atoms with Gasteiger partial charge in [-0.25, -0.2) is 4.39 Å². The minimum atomic E-state index is -0.220. The first kappa shape index (κ1) is 11.2. The van der Waals surface area contributed by atoms with Gasteiger partial charge in [0.05, 0.1) is 12.5 Å². The maximum atomic E-state index is 12.9. The van der Waals surface area contributed by atoms with Gasteiger partial charge in [-0.1, -0.05) is 6.07 Å². The van der Waals surface area contributed by atoms with Gasteiger partial charge >= 0.3 is 0 Å². The highest BCUT2D eigenvalue weighted by Gasteiger charge is 2.07. The summed E-state index contributed by atoms with van der Waals surface area (Å²) in [6.45, 7) is 0. The van der Waals surface area contributed by atoms with E-state index in [0.29, 0.717) is 5.75 Å². The van der Waals surface area contributed by atoms with Crippen LogP contribution in [0, 0.1) is 5.82 Å². The third-order valence-electron chi connectivity index (χ3n) is 2.20. The molecule has 1 atom stereocenters. The number of nitrogens with two attached hydrogens (primary N) is 1. The van der Waals surface area contributed by atoms with Crippen molar-refractivity contribution in [1.82, 2.24) is 0 Å². The Morgan fingerprint density at radius 3 is 2.94 bits per heavy atom. The number of furan rings is 1. The number of thioether (sulfide) groups is 1. The van der Waals surface area contributed by atoms with Crippen LogP contribution in [0.1, 0.15) is 11.6 Å². The summed E-state index contributed by atoms with van der Waals surface area (Å²) in [7, 11) is 0. The van der Waals surface area contributed by atoms with Crippen molar-refractivity contribution in [2.24, 2.45) is 5.73 Å². The molecular weight excluding hydrogens is 225 g/mol. The van der Waals surface area contributed by atoms with Crippen LogP contribution in [0.15, 0.2) is 52.2 Å². The quantitative estimate of drug-likeness (QED) is 0.830. The lowest BCUT2D eigenvalue weighted by Gasteiger charge is -2.08. The van der Waals surface area contributed by atoms with Gasteiger partial charge in [0.25, 0.3) is 0 Å². The van der Waals surface area contributed by atoms with E-state index in [-0.39, 0.29) is 11.9 Å². The zero-order valence-corrected chi connectivity index (χ0v) is 9.41. The topological polar surface area (TPSA) is 39.2 Å². The van der Waals surface area contributed by atoms with E-state index in [1.807, 2.05) is 12.1 Å². The molecule has 2 aromatic rings. The zero-order valence-electron chi connectivity index (χ0n) is 8.60. The van der Waals surface area contributed by atoms with Crippen LogP contribution < -0.4 is 5.73 Å². The minimum absolute atomic E-state index is 0.0907. The second-order valence-electron chi connectivity index (χ2n) is 3.43. The Hall–Kier alpha value is -1.26. The molecule has 0 aliphatic heterocycles. The Bertz CT molecular complexity index is 444. The average Bonchev–Trinajstić information content (AvgIpc) is 2.79. The predicted octanol–water partition coefficient (Wildman–Crippen LogP) is 3.21. The first-order valence-corrected chi connectivity index (χ1v) is 5.90. The molecule has 0 radical (unpaired) electrons. The molecule has 0 fully saturated rings. The Morgan fingerprint density at radius 2 is 2.25 bits per heavy atom. The molecule has 1 unspecified atom stereocenters. The summed E-state index contributed by atoms with van der Waals surface area (Å²) in [5.41, 5.74) is 6.91. The summed E-state index contributed by atoms with van der Waals surface area (Å²) in [5.74, 6) is 0.477. The van der Waals surface area contributed by atoms with E-state index >= 15 is 0 Å². The molecule has 2 rings (SSSR count). The number of rotatable bonds is 4. The van der Waals surface area contributed by atoms with Crippen LogP contribution >= 0.6 is 11.8 Å². The van der Waals surface area contributed by atoms with Crippen molar-refractivity contribution < 1.29 is 8.81 Å². The fourth-order valence-electron chi connectivity index (χ4n) is 1.32. The Morgan fingerprint density at radius 1 is 1.38 bits per heavy atom. The van der Waals surface area contributed by atoms with Gasteiger partial charge in [-0.05, 0) is 24.3 Å². The fourth-order valence-corrected chi connectivity index (χ4v) is 2.26. The first-order chi connectivity index (χ1) is 7.75. The lowest BCUT2D eigenvalue weighted by molar-refractivity contribution is 0.561. The van der Waals surface area contributed by atoms with Crippen LogP contribution in [0.25, 0.3) is 0 Å². The molecule has 0 saturated heterocycles. The van der Waals surface area contributed by atoms with Crippen LogP contribution in [0.4, 0.5) is 4.39 Å². The summed E-state index contributed by atoms with van der Waals surface area (Å²) < 4.78 is 17.9. The van der Waals surface area contributed by atoms with Crippen molar-refractivity contribution in [3.63, 3.8) is 0 Å². The van der Waals surface area contributed by atoms with Crippen molar-refractivity contribution in [2.75, 3.05) is 5.75 Å². The lowest BCUT2D eigenvalue weighted by atomic mass is 10.2. The Balaban J connectivity index is 1.92. The zero-order chi connectivity index (χ0) is 11.4. The minimum Gasteiger partial charge on any atom is -0.472 e. The second-order valence-corrected chi connectivity index (χ2v) is 4.52. The van der Waals surface area contributed by atoms with E-state index in [1.165, 1.54) is 23.9 Å². The molecule has 1 heterocycles. The molecule has 16 heavy (non-hydrogen) atoms. The molecule has 2 nitrogen and oxygen atoms in total. The standard InChI is InChI=1S/C12H12FNOS/c13-10-2-1-3-11(6-10)16-8-12(14)9-4-5-15-7-9/h1-7,12H,8,14H2. The van der Waals surface area contributed by atoms with Gasteiger partial charge in [-0.15, -0.1) is 11.8 Å². The molecule has 4 heteroatoms. The van der Waals surface area contributed by atoms with Gasteiger partial charge < -0.3 is 10.2 Å². The molecule has 84 valence electrons. The van der Waals surface area contributed by atoms with E-state index in [2.05, 4.69) is 0 Å². The molecule has 0 aliphatic carbocycles. The van der Waals surface area contributed by atoms with E-state index < -0.39 is 0 Å². The molecule has 0 amide bonds. The van der Waals surface area contributed by atoms with E-state index in [1.54, 1.807) is 18.6 Å². The van der Waals surface area contributed by atoms with Crippen molar-refractivity contribution >= 4 is 11.8 Å². The Kier molecular flexibility index (Phi) is 3.64. The molecular formula is C12H12FNOS. The summed E-state index contributed by atoms with van der Waals surface area (Å²) in [5, 5.41) is 0. The van der Waals surface area contributed by atoms with Crippen LogP contribution in [0.5, 0.6) is 0 Å². The van der Waals surface area contributed by atoms with Crippen molar-refractivity contribution in [3.05, 3.63) is 54.2 Å². The number of halogens is 1. The summed E-state index contributed by atoms with van der Waals surface area (Å²) in [6.07, 6.45) is 3.23. The van der Waals surface area contributed by atoms with Gasteiger partial charge in [0.2, 0.25) is 0 Å². The maximum absolute atomic E-state index is 12.9. The van der Waals surface area contributed by atoms with Crippen LogP contribution in [-0.4, -0.2) is 5.75 Å². The van der Waals surface area contributed by atoms with Crippen LogP contribution in [-0.2, 0) is 0 Å². The third-order valence-corrected chi connectivity index (χ3v) is 3.31. The monoisotopic (exact) mass is 237 g/mol. The summed E-state index contributed by atoms with van der Waals surface area (Å²) in [4.78, 5) is 0.888. The highest BCUT2D eigenvalue weighted by molar-refractivity contribution is 7.99. The number of hydrogen-bond acceptors (Lipinski definition) is 3. The smallest absolute Gasteiger partial charge is 0.124 e. The number of benzene rings is 1. The van der Waals surface area contributed by atoms with Gasteiger partial charge in [0, 0.05) is 22.3 Å². The van der Waals surface area contributed by atoms with Crippen molar-refractivity contribution in [3.8, 4) is 0 Å². The molecule has 0 aliphatic rings. The average molecular weight is 237 g/mol. The van der Waals surface area contributed by atoms with E-state index in [0.717, 1.165) is 10.5 Å². The van der Waals surface area contributed by atoms with Gasteiger partial charge in [0.1, 0.15) is 5.82 Å². The van der Waals surface area contributed by atoms with E-state index in [9.17, 15) is 4.39 Å². The van der Waals surface area contributed by atoms with Crippen LogP contribution in [0.2, 0.25) is 0 Å². The maximum Gasteiger partial charge on any atom is 0.124 e. The normalized spacial score (nSPS) is 12.6. The fraction of sp³-hybridized carbons (Fsp3) is 0.167. The molecule has 0 saturated carbocycles. The summed E-state index contributed by atoms with van der Waals surface area (Å²) in [6, 6.07) is 8.26. The molecule has 2 N–H and O–H groups in total. The molecule has 0 spiro atoms. The molecule has 0 bridgehead atoms. The Labute approximate surface area is 97.6 Å². The third kappa shape index (κ3) is 2.87. The second kappa shape index (κ2) is 5.18. The predicted molar refractivity (Wildman–Crippen MR) is 62.8 cm³/mol. The lowest BCUT2D eigenvalue weighted by Crippen LogP contribution is -2.11. The highest BCUT2D eigenvalue weighted by Crippen LogP contribution is 2.23. The van der Waals surface area contributed by atoms with Crippen molar-refractivity contribution in [1.29, 1.82) is 0 Å². The van der Waals surface area contributed by atoms with Crippen molar-refractivity contribution in [2.45, 2.75) is 10.9 Å². The summed E-state index contributed by atoms with van der Waals surface area (Å²) >= 11 is 1.53. The molecule has 1 aromatic heterocycles. The number of hydrogen-bond donors (Lipinski definition) is 1. The largest absolute Gasteiger partial charge is 0.472 e. The SMILES string of the molecule is NC(CSc1cccc(F)c1)c1ccoc1. The van der Waals surface area contributed by atoms with Gasteiger partial charge in [-0.3, -0.25) is 0 Å². The van der Waals surface area contributed by atoms with Gasteiger partial charge in [0.15, 0.2) is 0 Å². The highest BCUT2D eigenvalue weighted by atomic mass is 32.2. The van der Waals surface area contributed by atoms with Crippen LogP contribution in [0.3, 0.4) is 0 Å². The first-order valence-electron chi connectivity index (χ1n) is 4.92.